The van der Waals surface area contributed by atoms with Gasteiger partial charge in [-0.2, -0.15) is 5.10 Å². The third-order valence-corrected chi connectivity index (χ3v) is 6.87. The van der Waals surface area contributed by atoms with Crippen molar-refractivity contribution >= 4 is 51.5 Å². The summed E-state index contributed by atoms with van der Waals surface area (Å²) >= 11 is 12.5. The number of hydrogen-bond donors (Lipinski definition) is 3. The second kappa shape index (κ2) is 10.5. The summed E-state index contributed by atoms with van der Waals surface area (Å²) in [5.41, 5.74) is 2.61. The predicted molar refractivity (Wildman–Crippen MR) is 146 cm³/mol. The molecular formula is C26H27Cl2N7O2. The third-order valence-electron chi connectivity index (χ3n) is 6.27. The molecule has 0 spiro atoms. The molecule has 1 aliphatic heterocycles. The van der Waals surface area contributed by atoms with Gasteiger partial charge in [0, 0.05) is 48.5 Å². The van der Waals surface area contributed by atoms with Crippen LogP contribution in [0.3, 0.4) is 0 Å². The van der Waals surface area contributed by atoms with Gasteiger partial charge in [-0.05, 0) is 51.1 Å². The molecule has 1 unspecified atom stereocenters. The lowest BCUT2D eigenvalue weighted by Gasteiger charge is -2.37. The Kier molecular flexibility index (Phi) is 7.19. The summed E-state index contributed by atoms with van der Waals surface area (Å²) in [6.45, 7) is 7.98. The van der Waals surface area contributed by atoms with E-state index in [1.54, 1.807) is 30.5 Å². The number of fused-ring (bicyclic) bond motifs is 1. The molecule has 1 amide bonds. The first kappa shape index (κ1) is 25.3. The topological polar surface area (TPSA) is 108 Å². The summed E-state index contributed by atoms with van der Waals surface area (Å²) in [5, 5.41) is 14.9. The third kappa shape index (κ3) is 5.49. The number of nitrogens with one attached hydrogen (secondary N) is 3. The second-order valence-electron chi connectivity index (χ2n) is 9.29. The van der Waals surface area contributed by atoms with Gasteiger partial charge in [-0.1, -0.05) is 23.2 Å². The van der Waals surface area contributed by atoms with Gasteiger partial charge >= 0.3 is 0 Å². The van der Waals surface area contributed by atoms with Crippen molar-refractivity contribution in [3.63, 3.8) is 0 Å². The largest absolute Gasteiger partial charge is 0.486 e. The summed E-state index contributed by atoms with van der Waals surface area (Å²) in [4.78, 5) is 23.8. The van der Waals surface area contributed by atoms with E-state index >= 15 is 0 Å². The van der Waals surface area contributed by atoms with Gasteiger partial charge in [-0.15, -0.1) is 0 Å². The number of benzene rings is 1. The lowest BCUT2D eigenvalue weighted by molar-refractivity contribution is 0.102. The minimum atomic E-state index is -0.436. The zero-order chi connectivity index (χ0) is 26.1. The van der Waals surface area contributed by atoms with E-state index in [-0.39, 0.29) is 11.6 Å². The number of carbonyl (C=O) groups is 1. The van der Waals surface area contributed by atoms with E-state index in [1.807, 2.05) is 13.0 Å². The molecule has 1 aliphatic rings. The zero-order valence-electron chi connectivity index (χ0n) is 20.6. The highest BCUT2D eigenvalue weighted by molar-refractivity contribution is 6.35. The number of anilines is 2. The fourth-order valence-corrected chi connectivity index (χ4v) is 5.34. The van der Waals surface area contributed by atoms with E-state index in [0.29, 0.717) is 50.2 Å². The number of nitrogens with zero attached hydrogens (tertiary/aromatic N) is 4. The highest BCUT2D eigenvalue weighted by Gasteiger charge is 2.22. The molecule has 5 rings (SSSR count). The van der Waals surface area contributed by atoms with Crippen LogP contribution in [0.2, 0.25) is 10.0 Å². The molecular weight excluding hydrogens is 513 g/mol. The van der Waals surface area contributed by atoms with Gasteiger partial charge in [0.2, 0.25) is 0 Å². The predicted octanol–water partition coefficient (Wildman–Crippen LogP) is 5.24. The van der Waals surface area contributed by atoms with Gasteiger partial charge in [0.1, 0.15) is 17.7 Å². The number of halogens is 2. The van der Waals surface area contributed by atoms with Crippen molar-refractivity contribution < 1.29 is 9.53 Å². The van der Waals surface area contributed by atoms with Crippen LogP contribution in [-0.4, -0.2) is 51.2 Å². The Morgan fingerprint density at radius 1 is 1.11 bits per heavy atom. The molecule has 3 atom stereocenters. The Bertz CT molecular complexity index is 1400. The average molecular weight is 540 g/mol. The van der Waals surface area contributed by atoms with Gasteiger partial charge in [0.15, 0.2) is 5.69 Å². The van der Waals surface area contributed by atoms with Crippen LogP contribution in [-0.2, 0) is 0 Å². The minimum absolute atomic E-state index is 0.240. The summed E-state index contributed by atoms with van der Waals surface area (Å²) in [5.74, 6) is 0.617. The molecule has 1 saturated heterocycles. The van der Waals surface area contributed by atoms with Crippen LogP contribution in [0.1, 0.15) is 42.9 Å². The molecule has 4 heterocycles. The van der Waals surface area contributed by atoms with Crippen LogP contribution >= 0.6 is 23.2 Å². The molecule has 1 aromatic carbocycles. The quantitative estimate of drug-likeness (QED) is 0.307. The molecule has 0 bridgehead atoms. The lowest BCUT2D eigenvalue weighted by atomic mass is 10.1. The maximum absolute atomic E-state index is 13.1. The van der Waals surface area contributed by atoms with E-state index in [0.717, 1.165) is 18.8 Å². The standard InChI is InChI=1S/C26H27Cl2N7O2/c1-14-12-35(13-15(2)31-14)17-4-7-23(30-9-17)32-26(36)25-19-8-18(5-6-22(19)33-34-25)37-16(3)24-20(27)10-29-11-21(24)28/h4-11,14-16,31H,12-13H2,1-3H3,(H,33,34)(H,30,32,36)/t14-,15+,16?. The number of H-pyrrole nitrogens is 1. The van der Waals surface area contributed by atoms with Crippen molar-refractivity contribution in [2.75, 3.05) is 23.3 Å². The van der Waals surface area contributed by atoms with Gasteiger partial charge in [-0.25, -0.2) is 4.98 Å². The highest BCUT2D eigenvalue weighted by Crippen LogP contribution is 2.33. The van der Waals surface area contributed by atoms with E-state index in [1.165, 1.54) is 12.4 Å². The number of amides is 1. The molecule has 3 N–H and O–H groups in total. The van der Waals surface area contributed by atoms with E-state index in [4.69, 9.17) is 27.9 Å². The maximum atomic E-state index is 13.1. The molecule has 0 saturated carbocycles. The molecule has 192 valence electrons. The van der Waals surface area contributed by atoms with E-state index < -0.39 is 6.10 Å². The summed E-state index contributed by atoms with van der Waals surface area (Å²) in [7, 11) is 0. The fraction of sp³-hybridized carbons (Fsp3) is 0.308. The van der Waals surface area contributed by atoms with Gasteiger partial charge in [-0.3, -0.25) is 14.9 Å². The zero-order valence-corrected chi connectivity index (χ0v) is 22.1. The van der Waals surface area contributed by atoms with E-state index in [2.05, 4.69) is 49.5 Å². The molecule has 11 heteroatoms. The molecule has 3 aromatic heterocycles. The van der Waals surface area contributed by atoms with Crippen molar-refractivity contribution in [3.8, 4) is 5.75 Å². The molecule has 9 nitrogen and oxygen atoms in total. The first-order valence-electron chi connectivity index (χ1n) is 12.0. The number of piperazine rings is 1. The fourth-order valence-electron chi connectivity index (χ4n) is 4.67. The molecule has 4 aromatic rings. The van der Waals surface area contributed by atoms with Crippen molar-refractivity contribution in [1.82, 2.24) is 25.5 Å². The Labute approximate surface area is 224 Å². The number of carbonyl (C=O) groups excluding carboxylic acids is 1. The number of aromatic nitrogens is 4. The number of hydrogen-bond acceptors (Lipinski definition) is 7. The highest BCUT2D eigenvalue weighted by atomic mass is 35.5. The first-order valence-corrected chi connectivity index (χ1v) is 12.8. The minimum Gasteiger partial charge on any atom is -0.486 e. The normalized spacial score (nSPS) is 18.6. The van der Waals surface area contributed by atoms with Crippen LogP contribution in [0.5, 0.6) is 5.75 Å². The number of rotatable bonds is 6. The number of pyridine rings is 2. The Morgan fingerprint density at radius 3 is 2.51 bits per heavy atom. The molecule has 0 aliphatic carbocycles. The van der Waals surface area contributed by atoms with Crippen LogP contribution < -0.4 is 20.3 Å². The summed E-state index contributed by atoms with van der Waals surface area (Å²) < 4.78 is 6.09. The van der Waals surface area contributed by atoms with Gasteiger partial charge in [0.05, 0.1) is 27.4 Å². The Morgan fingerprint density at radius 2 is 1.84 bits per heavy atom. The van der Waals surface area contributed by atoms with Crippen LogP contribution in [0.15, 0.2) is 48.9 Å². The van der Waals surface area contributed by atoms with Crippen molar-refractivity contribution in [1.29, 1.82) is 0 Å². The van der Waals surface area contributed by atoms with Gasteiger partial charge in [0.25, 0.3) is 5.91 Å². The van der Waals surface area contributed by atoms with E-state index in [9.17, 15) is 4.79 Å². The van der Waals surface area contributed by atoms with Crippen LogP contribution in [0.25, 0.3) is 10.9 Å². The monoisotopic (exact) mass is 539 g/mol. The van der Waals surface area contributed by atoms with Gasteiger partial charge < -0.3 is 20.3 Å². The molecule has 0 radical (unpaired) electrons. The van der Waals surface area contributed by atoms with Crippen molar-refractivity contribution in [2.45, 2.75) is 39.0 Å². The Hall–Kier alpha value is -3.40. The summed E-state index contributed by atoms with van der Waals surface area (Å²) in [6.07, 6.45) is 4.39. The van der Waals surface area contributed by atoms with Crippen LogP contribution in [0, 0.1) is 0 Å². The Balaban J connectivity index is 1.31. The number of aromatic amines is 1. The average Bonchev–Trinajstić information content (AvgIpc) is 3.27. The smallest absolute Gasteiger partial charge is 0.277 e. The van der Waals surface area contributed by atoms with Crippen molar-refractivity contribution in [2.24, 2.45) is 0 Å². The molecule has 1 fully saturated rings. The maximum Gasteiger partial charge on any atom is 0.277 e. The molecule has 37 heavy (non-hydrogen) atoms. The second-order valence-corrected chi connectivity index (χ2v) is 10.1. The van der Waals surface area contributed by atoms with Crippen molar-refractivity contribution in [3.05, 3.63) is 70.2 Å². The first-order chi connectivity index (χ1) is 17.8. The lowest BCUT2D eigenvalue weighted by Crippen LogP contribution is -2.54. The van der Waals surface area contributed by atoms with Crippen LogP contribution in [0.4, 0.5) is 11.5 Å². The SMILES string of the molecule is CC(Oc1ccc2[nH]nc(C(=O)Nc3ccc(N4C[C@@H](C)N[C@@H](C)C4)cn3)c2c1)c1c(Cl)cncc1Cl. The summed E-state index contributed by atoms with van der Waals surface area (Å²) in [6, 6.07) is 9.92. The number of ether oxygens (including phenoxy) is 1.